The van der Waals surface area contributed by atoms with Crippen molar-refractivity contribution in [1.29, 1.82) is 0 Å². The number of rotatable bonds is 13. The zero-order chi connectivity index (χ0) is 39.1. The molecular formula is C37H48F6N6O4. The van der Waals surface area contributed by atoms with Crippen LogP contribution in [0.15, 0.2) is 49.4 Å². The van der Waals surface area contributed by atoms with Crippen molar-refractivity contribution >= 4 is 23.6 Å². The molecule has 0 radical (unpaired) electrons. The minimum atomic E-state index is -5.02. The average molecular weight is 755 g/mol. The molecular weight excluding hydrogens is 706 g/mol. The Bertz CT molecular complexity index is 1550. The third-order valence-electron chi connectivity index (χ3n) is 10.1. The third kappa shape index (κ3) is 11.1. The van der Waals surface area contributed by atoms with Crippen LogP contribution in [-0.2, 0) is 28.4 Å². The van der Waals surface area contributed by atoms with E-state index in [1.165, 1.54) is 23.5 Å². The molecule has 16 heteroatoms. The minimum absolute atomic E-state index is 0.0912. The van der Waals surface area contributed by atoms with Gasteiger partial charge in [0.2, 0.25) is 5.95 Å². The molecule has 1 aromatic heterocycles. The van der Waals surface area contributed by atoms with Crippen LogP contribution >= 0.6 is 0 Å². The number of likely N-dealkylation sites (tertiary alicyclic amines) is 1. The van der Waals surface area contributed by atoms with Crippen molar-refractivity contribution in [3.63, 3.8) is 0 Å². The van der Waals surface area contributed by atoms with Crippen LogP contribution in [0.1, 0.15) is 93.9 Å². The topological polar surface area (TPSA) is 125 Å². The Morgan fingerprint density at radius 3 is 1.94 bits per heavy atom. The molecule has 292 valence electrons. The number of carboxylic acid groups (broad SMARTS) is 1. The molecule has 0 spiro atoms. The molecule has 3 atom stereocenters. The fourth-order valence-corrected chi connectivity index (χ4v) is 7.40. The van der Waals surface area contributed by atoms with Crippen molar-refractivity contribution in [2.24, 2.45) is 17.7 Å². The van der Waals surface area contributed by atoms with E-state index in [1.807, 2.05) is 13.8 Å². The predicted molar refractivity (Wildman–Crippen MR) is 187 cm³/mol. The SMILES string of the molecule is C=C/C(=C\N(C)N)c1cnc(N(Cc2cc(C(F)(F)F)cc(C(F)(F)F)c2)[C@H]2C[C@@H](CC)N(C(=O)OCC3CCC(CC(=O)O)CC3)[C@@H](CC)C2)nc1. The number of hydrogen-bond acceptors (Lipinski definition) is 8. The second-order valence-corrected chi connectivity index (χ2v) is 14.0. The number of allylic oxidation sites excluding steroid dienone is 2. The number of nitrogens with zero attached hydrogens (tertiary/aromatic N) is 5. The molecule has 53 heavy (non-hydrogen) atoms. The van der Waals surface area contributed by atoms with Gasteiger partial charge in [-0.3, -0.25) is 4.79 Å². The van der Waals surface area contributed by atoms with Gasteiger partial charge in [-0.2, -0.15) is 26.3 Å². The fraction of sp³-hybridized carbons (Fsp3) is 0.568. The molecule has 1 amide bonds. The molecule has 1 aliphatic carbocycles. The number of ether oxygens (including phenoxy) is 1. The number of alkyl halides is 6. The summed E-state index contributed by atoms with van der Waals surface area (Å²) >= 11 is 0. The largest absolute Gasteiger partial charge is 0.481 e. The number of carbonyl (C=O) groups is 2. The van der Waals surface area contributed by atoms with Crippen LogP contribution in [0.3, 0.4) is 0 Å². The van der Waals surface area contributed by atoms with E-state index in [1.54, 1.807) is 23.0 Å². The molecule has 4 rings (SSSR count). The lowest BCUT2D eigenvalue weighted by Gasteiger charge is -2.47. The van der Waals surface area contributed by atoms with Gasteiger partial charge in [-0.15, -0.1) is 0 Å². The number of carboxylic acids is 1. The molecule has 3 N–H and O–H groups in total. The van der Waals surface area contributed by atoms with Crippen LogP contribution in [0, 0.1) is 11.8 Å². The molecule has 2 fully saturated rings. The molecule has 10 nitrogen and oxygen atoms in total. The van der Waals surface area contributed by atoms with E-state index in [0.29, 0.717) is 49.0 Å². The number of piperidine rings is 1. The Labute approximate surface area is 305 Å². The lowest BCUT2D eigenvalue weighted by Crippen LogP contribution is -2.57. The highest BCUT2D eigenvalue weighted by atomic mass is 19.4. The van der Waals surface area contributed by atoms with Crippen LogP contribution in [0.25, 0.3) is 5.57 Å². The first-order valence-corrected chi connectivity index (χ1v) is 17.8. The van der Waals surface area contributed by atoms with Gasteiger partial charge in [0.15, 0.2) is 0 Å². The van der Waals surface area contributed by atoms with E-state index in [2.05, 4.69) is 16.5 Å². The van der Waals surface area contributed by atoms with Crippen molar-refractivity contribution in [1.82, 2.24) is 19.9 Å². The number of halogens is 6. The standard InChI is InChI=1S/C37H48F6N6O4/c1-5-26(21-47(4)44)27-18-45-34(46-19-27)48(20-25-12-28(36(38,39)40)15-29(13-25)37(41,42)43)32-16-30(6-2)49(31(7-3)17-32)35(52)53-22-24-10-8-23(9-11-24)14-33(50)51/h5,12-13,15,18-19,21,23-24,30-32H,1,6-11,14,16-17,20,22,44H2,2-4H3,(H,50,51)/b26-21+/t23?,24?,30-,31+,32+. The third-order valence-corrected chi connectivity index (χ3v) is 10.1. The van der Waals surface area contributed by atoms with Crippen molar-refractivity contribution < 1.29 is 45.8 Å². The number of amides is 1. The van der Waals surface area contributed by atoms with Gasteiger partial charge in [-0.1, -0.05) is 26.5 Å². The van der Waals surface area contributed by atoms with Gasteiger partial charge < -0.3 is 24.7 Å². The van der Waals surface area contributed by atoms with Crippen LogP contribution in [0.5, 0.6) is 0 Å². The Hall–Kier alpha value is -4.34. The maximum absolute atomic E-state index is 13.9. The Kier molecular flexibility index (Phi) is 13.8. The summed E-state index contributed by atoms with van der Waals surface area (Å²) in [6.07, 6.45) is 0.382. The monoisotopic (exact) mass is 754 g/mol. The van der Waals surface area contributed by atoms with Gasteiger partial charge in [0, 0.05) is 67.9 Å². The van der Waals surface area contributed by atoms with Crippen LogP contribution in [0.2, 0.25) is 0 Å². The lowest BCUT2D eigenvalue weighted by molar-refractivity contribution is -0.143. The minimum Gasteiger partial charge on any atom is -0.481 e. The summed E-state index contributed by atoms with van der Waals surface area (Å²) < 4.78 is 88.9. The summed E-state index contributed by atoms with van der Waals surface area (Å²) in [6, 6.07) is 0.329. The number of anilines is 1. The molecule has 1 aliphatic heterocycles. The molecule has 0 unspecified atom stereocenters. The summed E-state index contributed by atoms with van der Waals surface area (Å²) in [4.78, 5) is 37.1. The first kappa shape index (κ1) is 41.4. The predicted octanol–water partition coefficient (Wildman–Crippen LogP) is 8.29. The second-order valence-electron chi connectivity index (χ2n) is 14.0. The Morgan fingerprint density at radius 1 is 0.962 bits per heavy atom. The molecule has 2 aromatic rings. The fourth-order valence-electron chi connectivity index (χ4n) is 7.40. The number of hydrogen-bond donors (Lipinski definition) is 2. The van der Waals surface area contributed by atoms with E-state index in [0.717, 1.165) is 25.7 Å². The number of aliphatic carboxylic acids is 1. The zero-order valence-corrected chi connectivity index (χ0v) is 30.2. The molecule has 1 aromatic carbocycles. The Balaban J connectivity index is 1.64. The molecule has 2 aliphatic rings. The van der Waals surface area contributed by atoms with E-state index < -0.39 is 41.6 Å². The smallest absolute Gasteiger partial charge is 0.416 e. The van der Waals surface area contributed by atoms with Crippen LogP contribution in [-0.4, -0.2) is 68.8 Å². The zero-order valence-electron chi connectivity index (χ0n) is 30.2. The highest BCUT2D eigenvalue weighted by Crippen LogP contribution is 2.39. The summed E-state index contributed by atoms with van der Waals surface area (Å²) in [5.74, 6) is 5.26. The van der Waals surface area contributed by atoms with Crippen molar-refractivity contribution in [3.8, 4) is 0 Å². The van der Waals surface area contributed by atoms with E-state index in [9.17, 15) is 35.9 Å². The van der Waals surface area contributed by atoms with Gasteiger partial charge in [0.1, 0.15) is 0 Å². The molecule has 2 heterocycles. The van der Waals surface area contributed by atoms with Crippen LogP contribution in [0.4, 0.5) is 37.1 Å². The van der Waals surface area contributed by atoms with Gasteiger partial charge in [-0.25, -0.2) is 20.6 Å². The summed E-state index contributed by atoms with van der Waals surface area (Å²) in [5.41, 5.74) is -1.95. The highest BCUT2D eigenvalue weighted by molar-refractivity contribution is 5.72. The number of carbonyl (C=O) groups excluding carboxylic acids is 1. The quantitative estimate of drug-likeness (QED) is 0.0900. The van der Waals surface area contributed by atoms with E-state index in [4.69, 9.17) is 15.7 Å². The number of nitrogens with two attached hydrogens (primary N) is 1. The van der Waals surface area contributed by atoms with E-state index in [-0.39, 0.29) is 61.1 Å². The van der Waals surface area contributed by atoms with Crippen molar-refractivity contribution in [3.05, 3.63) is 71.7 Å². The molecule has 1 saturated carbocycles. The molecule has 1 saturated heterocycles. The Morgan fingerprint density at radius 2 is 1.49 bits per heavy atom. The van der Waals surface area contributed by atoms with Gasteiger partial charge in [-0.05, 0) is 87.0 Å². The van der Waals surface area contributed by atoms with Gasteiger partial charge in [0.25, 0.3) is 0 Å². The average Bonchev–Trinajstić information content (AvgIpc) is 3.10. The number of hydrazine groups is 1. The number of benzene rings is 1. The lowest BCUT2D eigenvalue weighted by atomic mass is 9.81. The van der Waals surface area contributed by atoms with Gasteiger partial charge >= 0.3 is 24.4 Å². The maximum Gasteiger partial charge on any atom is 0.416 e. The van der Waals surface area contributed by atoms with Crippen molar-refractivity contribution in [2.45, 2.75) is 109 Å². The highest BCUT2D eigenvalue weighted by Gasteiger charge is 2.42. The normalized spacial score (nSPS) is 22.6. The summed E-state index contributed by atoms with van der Waals surface area (Å²) in [5, 5.41) is 10.4. The molecule has 0 bridgehead atoms. The first-order chi connectivity index (χ1) is 24.9. The van der Waals surface area contributed by atoms with Crippen LogP contribution < -0.4 is 10.7 Å². The van der Waals surface area contributed by atoms with Crippen molar-refractivity contribution in [2.75, 3.05) is 18.6 Å². The second kappa shape index (κ2) is 17.7. The van der Waals surface area contributed by atoms with Gasteiger partial charge in [0.05, 0.1) is 17.7 Å². The van der Waals surface area contributed by atoms with E-state index >= 15 is 0 Å². The maximum atomic E-state index is 13.9. The first-order valence-electron chi connectivity index (χ1n) is 17.8. The summed E-state index contributed by atoms with van der Waals surface area (Å²) in [7, 11) is 1.61. The number of aromatic nitrogens is 2. The summed E-state index contributed by atoms with van der Waals surface area (Å²) in [6.45, 7) is 7.42.